The molecule has 5 rings (SSSR count). The molecule has 0 unspecified atom stereocenters. The quantitative estimate of drug-likeness (QED) is 0.546. The predicted octanol–water partition coefficient (Wildman–Crippen LogP) is 3.50. The lowest BCUT2D eigenvalue weighted by Crippen LogP contribution is -2.20. The van der Waals surface area contributed by atoms with Crippen LogP contribution in [0.25, 0.3) is 27.9 Å². The minimum Gasteiger partial charge on any atom is -0.354 e. The molecule has 3 aromatic heterocycles. The average molecular weight is 362 g/mol. The zero-order valence-corrected chi connectivity index (χ0v) is 15.2. The molecule has 1 aromatic carbocycles. The largest absolute Gasteiger partial charge is 0.354 e. The van der Waals surface area contributed by atoms with E-state index in [0.717, 1.165) is 39.3 Å². The Morgan fingerprint density at radius 1 is 1.11 bits per heavy atom. The minimum atomic E-state index is -0.768. The number of alkyl halides is 1. The van der Waals surface area contributed by atoms with E-state index in [4.69, 9.17) is 4.98 Å². The highest BCUT2D eigenvalue weighted by Crippen LogP contribution is 2.26. The van der Waals surface area contributed by atoms with Gasteiger partial charge in [0.15, 0.2) is 11.5 Å². The van der Waals surface area contributed by atoms with Gasteiger partial charge in [-0.2, -0.15) is 0 Å². The van der Waals surface area contributed by atoms with Crippen molar-refractivity contribution in [1.82, 2.24) is 24.6 Å². The summed E-state index contributed by atoms with van der Waals surface area (Å²) in [6.07, 6.45) is 1.59. The molecule has 0 saturated carbocycles. The number of fused-ring (bicyclic) bond motifs is 2. The van der Waals surface area contributed by atoms with Gasteiger partial charge in [-0.05, 0) is 38.5 Å². The van der Waals surface area contributed by atoms with Crippen molar-refractivity contribution in [2.45, 2.75) is 26.4 Å². The first kappa shape index (κ1) is 16.1. The summed E-state index contributed by atoms with van der Waals surface area (Å²) in [5, 5.41) is 5.68. The molecule has 1 saturated heterocycles. The van der Waals surface area contributed by atoms with Crippen molar-refractivity contribution in [2.75, 3.05) is 18.0 Å². The third kappa shape index (κ3) is 2.70. The molecule has 0 spiro atoms. The molecule has 0 aliphatic carbocycles. The molecule has 1 fully saturated rings. The summed E-state index contributed by atoms with van der Waals surface area (Å²) in [6.45, 7) is 5.01. The summed E-state index contributed by atoms with van der Waals surface area (Å²) in [7, 11) is 0. The number of pyridine rings is 1. The fourth-order valence-electron chi connectivity index (χ4n) is 3.56. The van der Waals surface area contributed by atoms with Crippen LogP contribution in [0.15, 0.2) is 36.5 Å². The van der Waals surface area contributed by atoms with Gasteiger partial charge in [0.25, 0.3) is 0 Å². The monoisotopic (exact) mass is 362 g/mol. The van der Waals surface area contributed by atoms with E-state index in [1.165, 1.54) is 0 Å². The Labute approximate surface area is 155 Å². The van der Waals surface area contributed by atoms with E-state index in [-0.39, 0.29) is 0 Å². The molecule has 136 valence electrons. The lowest BCUT2D eigenvalue weighted by Gasteiger charge is -2.16. The van der Waals surface area contributed by atoms with E-state index in [1.54, 1.807) is 6.20 Å². The molecule has 0 radical (unpaired) electrons. The van der Waals surface area contributed by atoms with Crippen molar-refractivity contribution in [3.8, 4) is 11.4 Å². The number of rotatable bonds is 2. The van der Waals surface area contributed by atoms with Crippen LogP contribution in [0.2, 0.25) is 0 Å². The van der Waals surface area contributed by atoms with Crippen molar-refractivity contribution in [3.05, 3.63) is 47.9 Å². The summed E-state index contributed by atoms with van der Waals surface area (Å²) in [6, 6.07) is 10.0. The van der Waals surface area contributed by atoms with Crippen LogP contribution < -0.4 is 4.90 Å². The van der Waals surface area contributed by atoms with Crippen LogP contribution >= 0.6 is 0 Å². The average Bonchev–Trinajstić information content (AvgIpc) is 3.31. The molecule has 0 bridgehead atoms. The Balaban J connectivity index is 1.59. The van der Waals surface area contributed by atoms with Crippen LogP contribution in [0, 0.1) is 13.8 Å². The highest BCUT2D eigenvalue weighted by atomic mass is 19.1. The van der Waals surface area contributed by atoms with Gasteiger partial charge in [0.05, 0.1) is 23.4 Å². The van der Waals surface area contributed by atoms with Crippen molar-refractivity contribution in [3.63, 3.8) is 0 Å². The summed E-state index contributed by atoms with van der Waals surface area (Å²) in [5.74, 6) is 1.46. The SMILES string of the molecule is Cc1ncc(C)n2nc(-c3ccc4ccc(N5CC[C@H](F)C5)nc4c3)nc12. The molecule has 0 amide bonds. The maximum absolute atomic E-state index is 13.5. The lowest BCUT2D eigenvalue weighted by molar-refractivity contribution is 0.364. The minimum absolute atomic E-state index is 0.414. The number of nitrogens with zero attached hydrogens (tertiary/aromatic N) is 6. The van der Waals surface area contributed by atoms with Gasteiger partial charge in [-0.15, -0.1) is 5.10 Å². The van der Waals surface area contributed by atoms with Gasteiger partial charge in [-0.1, -0.05) is 12.1 Å². The second-order valence-corrected chi connectivity index (χ2v) is 7.06. The van der Waals surface area contributed by atoms with Crippen molar-refractivity contribution >= 4 is 22.4 Å². The zero-order valence-electron chi connectivity index (χ0n) is 15.2. The van der Waals surface area contributed by atoms with E-state index < -0.39 is 6.17 Å². The summed E-state index contributed by atoms with van der Waals surface area (Å²) < 4.78 is 15.3. The van der Waals surface area contributed by atoms with Crippen LogP contribution in [0.4, 0.5) is 10.2 Å². The first-order chi connectivity index (χ1) is 13.1. The Morgan fingerprint density at radius 2 is 1.96 bits per heavy atom. The number of aryl methyl sites for hydroxylation is 2. The first-order valence-corrected chi connectivity index (χ1v) is 9.08. The number of anilines is 1. The fraction of sp³-hybridized carbons (Fsp3) is 0.300. The van der Waals surface area contributed by atoms with E-state index in [9.17, 15) is 4.39 Å². The Bertz CT molecular complexity index is 1130. The molecule has 4 aromatic rings. The highest BCUT2D eigenvalue weighted by Gasteiger charge is 2.23. The standard InChI is InChI=1S/C20H19FN6/c1-12-10-22-13(2)20-24-19(25-27(12)20)15-4-3-14-5-6-18(23-17(14)9-15)26-8-7-16(21)11-26/h3-6,9-10,16H,7-8,11H2,1-2H3/t16-/m0/s1. The van der Waals surface area contributed by atoms with Crippen LogP contribution in [-0.4, -0.2) is 43.8 Å². The second-order valence-electron chi connectivity index (χ2n) is 7.06. The summed E-state index contributed by atoms with van der Waals surface area (Å²) in [5.41, 5.74) is 4.30. The van der Waals surface area contributed by atoms with Crippen LogP contribution in [-0.2, 0) is 0 Å². The number of hydrogen-bond acceptors (Lipinski definition) is 5. The van der Waals surface area contributed by atoms with Gasteiger partial charge in [0, 0.05) is 23.7 Å². The topological polar surface area (TPSA) is 59.2 Å². The highest BCUT2D eigenvalue weighted by molar-refractivity contribution is 5.84. The van der Waals surface area contributed by atoms with Crippen molar-refractivity contribution < 1.29 is 4.39 Å². The van der Waals surface area contributed by atoms with Gasteiger partial charge < -0.3 is 4.90 Å². The second kappa shape index (κ2) is 5.97. The Morgan fingerprint density at radius 3 is 2.74 bits per heavy atom. The maximum atomic E-state index is 13.5. The summed E-state index contributed by atoms with van der Waals surface area (Å²) >= 11 is 0. The zero-order chi connectivity index (χ0) is 18.5. The smallest absolute Gasteiger partial charge is 0.182 e. The number of aromatic nitrogens is 5. The molecular formula is C20H19FN6. The predicted molar refractivity (Wildman–Crippen MR) is 103 cm³/mol. The van der Waals surface area contributed by atoms with Gasteiger partial charge in [0.1, 0.15) is 12.0 Å². The molecule has 4 heterocycles. The van der Waals surface area contributed by atoms with Crippen molar-refractivity contribution in [1.29, 1.82) is 0 Å². The number of hydrogen-bond donors (Lipinski definition) is 0. The molecule has 7 heteroatoms. The van der Waals surface area contributed by atoms with Gasteiger partial charge in [0.2, 0.25) is 0 Å². The van der Waals surface area contributed by atoms with E-state index in [2.05, 4.69) is 15.1 Å². The van der Waals surface area contributed by atoms with E-state index >= 15 is 0 Å². The van der Waals surface area contributed by atoms with Crippen molar-refractivity contribution in [2.24, 2.45) is 0 Å². The third-order valence-electron chi connectivity index (χ3n) is 5.10. The molecular weight excluding hydrogens is 343 g/mol. The molecule has 1 aliphatic heterocycles. The fourth-order valence-corrected chi connectivity index (χ4v) is 3.56. The van der Waals surface area contributed by atoms with Gasteiger partial charge in [-0.25, -0.2) is 18.9 Å². The lowest BCUT2D eigenvalue weighted by atomic mass is 10.1. The molecule has 1 aliphatic rings. The van der Waals surface area contributed by atoms with Crippen LogP contribution in [0.5, 0.6) is 0 Å². The van der Waals surface area contributed by atoms with E-state index in [1.807, 2.05) is 53.6 Å². The van der Waals surface area contributed by atoms with Gasteiger partial charge >= 0.3 is 0 Å². The Hall–Kier alpha value is -3.09. The van der Waals surface area contributed by atoms with Gasteiger partial charge in [-0.3, -0.25) is 4.98 Å². The normalized spacial score (nSPS) is 17.3. The third-order valence-corrected chi connectivity index (χ3v) is 5.10. The number of benzene rings is 1. The number of halogens is 1. The van der Waals surface area contributed by atoms with E-state index in [0.29, 0.717) is 25.3 Å². The molecule has 6 nitrogen and oxygen atoms in total. The molecule has 0 N–H and O–H groups in total. The maximum Gasteiger partial charge on any atom is 0.182 e. The first-order valence-electron chi connectivity index (χ1n) is 9.08. The molecule has 1 atom stereocenters. The Kier molecular flexibility index (Phi) is 3.56. The van der Waals surface area contributed by atoms with Crippen LogP contribution in [0.1, 0.15) is 17.8 Å². The molecule has 27 heavy (non-hydrogen) atoms. The summed E-state index contributed by atoms with van der Waals surface area (Å²) in [4.78, 5) is 15.8. The van der Waals surface area contributed by atoms with Crippen LogP contribution in [0.3, 0.4) is 0 Å².